The van der Waals surface area contributed by atoms with Gasteiger partial charge >= 0.3 is 5.97 Å². The van der Waals surface area contributed by atoms with Crippen LogP contribution in [0.3, 0.4) is 0 Å². The highest BCUT2D eigenvalue weighted by atomic mass is 35.5. The van der Waals surface area contributed by atoms with Crippen LogP contribution in [0.2, 0.25) is 0 Å². The molecule has 27 heavy (non-hydrogen) atoms. The lowest BCUT2D eigenvalue weighted by Crippen LogP contribution is -2.10. The lowest BCUT2D eigenvalue weighted by atomic mass is 10.1. The van der Waals surface area contributed by atoms with Gasteiger partial charge in [0.1, 0.15) is 11.7 Å². The van der Waals surface area contributed by atoms with E-state index in [-0.39, 0.29) is 24.2 Å². The molecular weight excluding hydrogens is 364 g/mol. The van der Waals surface area contributed by atoms with Gasteiger partial charge in [0.2, 0.25) is 0 Å². The van der Waals surface area contributed by atoms with Crippen molar-refractivity contribution in [1.29, 1.82) is 5.41 Å². The highest BCUT2D eigenvalue weighted by Gasteiger charge is 2.07. The summed E-state index contributed by atoms with van der Waals surface area (Å²) in [4.78, 5) is 19.0. The second-order valence-electron chi connectivity index (χ2n) is 5.91. The van der Waals surface area contributed by atoms with Crippen molar-refractivity contribution in [1.82, 2.24) is 9.97 Å². The number of carbonyl (C=O) groups excluding carboxylic acids is 1. The lowest BCUT2D eigenvalue weighted by molar-refractivity contribution is -0.140. The zero-order valence-corrected chi connectivity index (χ0v) is 15.7. The lowest BCUT2D eigenvalue weighted by Gasteiger charge is -2.03. The molecule has 0 aliphatic rings. The molecule has 1 aromatic heterocycles. The second-order valence-corrected chi connectivity index (χ2v) is 5.91. The molecule has 1 heterocycles. The third-order valence-electron chi connectivity index (χ3n) is 4.16. The topological polar surface area (TPSA) is 105 Å². The number of imidazole rings is 1. The summed E-state index contributed by atoms with van der Waals surface area (Å²) in [7, 11) is 1.40. The SMILES string of the molecule is COC(=O)CCc1ccc(-c2ncc(-c3ccc(C(=N)N)cc3)[nH]2)cc1.Cl. The first-order valence-corrected chi connectivity index (χ1v) is 8.23. The van der Waals surface area contributed by atoms with E-state index in [1.165, 1.54) is 7.11 Å². The number of nitrogens with one attached hydrogen (secondary N) is 2. The summed E-state index contributed by atoms with van der Waals surface area (Å²) in [6.45, 7) is 0. The fraction of sp³-hybridized carbons (Fsp3) is 0.150. The summed E-state index contributed by atoms with van der Waals surface area (Å²) in [5, 5.41) is 7.44. The van der Waals surface area contributed by atoms with Crippen LogP contribution in [0.5, 0.6) is 0 Å². The smallest absolute Gasteiger partial charge is 0.305 e. The number of methoxy groups -OCH3 is 1. The van der Waals surface area contributed by atoms with Gasteiger partial charge in [0.05, 0.1) is 19.0 Å². The molecule has 4 N–H and O–H groups in total. The average molecular weight is 385 g/mol. The maximum Gasteiger partial charge on any atom is 0.305 e. The Morgan fingerprint density at radius 2 is 1.74 bits per heavy atom. The first-order valence-electron chi connectivity index (χ1n) is 8.23. The van der Waals surface area contributed by atoms with E-state index in [0.717, 1.165) is 28.2 Å². The molecule has 0 bridgehead atoms. The number of aryl methyl sites for hydroxylation is 1. The number of hydrogen-bond donors (Lipinski definition) is 3. The molecule has 0 amide bonds. The number of benzene rings is 2. The number of halogens is 1. The summed E-state index contributed by atoms with van der Waals surface area (Å²) in [6.07, 6.45) is 2.80. The van der Waals surface area contributed by atoms with Crippen molar-refractivity contribution in [3.05, 3.63) is 65.9 Å². The Bertz CT molecular complexity index is 918. The van der Waals surface area contributed by atoms with E-state index in [1.54, 1.807) is 6.20 Å². The van der Waals surface area contributed by atoms with Crippen molar-refractivity contribution in [2.75, 3.05) is 7.11 Å². The van der Waals surface area contributed by atoms with E-state index in [9.17, 15) is 4.79 Å². The molecule has 6 nitrogen and oxygen atoms in total. The van der Waals surface area contributed by atoms with Crippen LogP contribution in [0.4, 0.5) is 0 Å². The van der Waals surface area contributed by atoms with Crippen molar-refractivity contribution < 1.29 is 9.53 Å². The number of nitrogens with two attached hydrogens (primary N) is 1. The molecule has 0 unspecified atom stereocenters. The highest BCUT2D eigenvalue weighted by Crippen LogP contribution is 2.23. The largest absolute Gasteiger partial charge is 0.469 e. The number of rotatable bonds is 6. The van der Waals surface area contributed by atoms with Gasteiger partial charge in [-0.15, -0.1) is 12.4 Å². The summed E-state index contributed by atoms with van der Waals surface area (Å²) < 4.78 is 4.66. The summed E-state index contributed by atoms with van der Waals surface area (Å²) >= 11 is 0. The Hall–Kier alpha value is -3.12. The molecule has 0 atom stereocenters. The minimum Gasteiger partial charge on any atom is -0.469 e. The van der Waals surface area contributed by atoms with E-state index in [0.29, 0.717) is 18.4 Å². The van der Waals surface area contributed by atoms with Gasteiger partial charge in [0.15, 0.2) is 0 Å². The minimum atomic E-state index is -0.208. The summed E-state index contributed by atoms with van der Waals surface area (Å²) in [5.74, 6) is 0.616. The van der Waals surface area contributed by atoms with Crippen molar-refractivity contribution in [3.63, 3.8) is 0 Å². The number of aromatic nitrogens is 2. The Labute approximate surface area is 163 Å². The van der Waals surface area contributed by atoms with Gasteiger partial charge in [0, 0.05) is 17.5 Å². The molecule has 3 rings (SSSR count). The molecule has 3 aromatic rings. The van der Waals surface area contributed by atoms with E-state index < -0.39 is 0 Å². The van der Waals surface area contributed by atoms with Crippen molar-refractivity contribution in [2.24, 2.45) is 5.73 Å². The molecule has 7 heteroatoms. The third kappa shape index (κ3) is 4.95. The number of nitrogen functional groups attached to an aromatic ring is 1. The van der Waals surface area contributed by atoms with E-state index >= 15 is 0 Å². The number of nitrogens with zero attached hydrogens (tertiary/aromatic N) is 1. The number of esters is 1. The number of carbonyl (C=O) groups is 1. The highest BCUT2D eigenvalue weighted by molar-refractivity contribution is 5.95. The number of H-pyrrole nitrogens is 1. The maximum atomic E-state index is 11.2. The van der Waals surface area contributed by atoms with Crippen molar-refractivity contribution in [2.45, 2.75) is 12.8 Å². The zero-order valence-electron chi connectivity index (χ0n) is 14.9. The molecular formula is C20H21ClN4O2. The van der Waals surface area contributed by atoms with Crippen LogP contribution in [-0.4, -0.2) is 28.9 Å². The van der Waals surface area contributed by atoms with Crippen LogP contribution < -0.4 is 5.73 Å². The summed E-state index contributed by atoms with van der Waals surface area (Å²) in [6, 6.07) is 15.4. The van der Waals surface area contributed by atoms with Gasteiger partial charge in [-0.2, -0.15) is 0 Å². The molecule has 0 radical (unpaired) electrons. The van der Waals surface area contributed by atoms with Crippen molar-refractivity contribution in [3.8, 4) is 22.6 Å². The molecule has 2 aromatic carbocycles. The van der Waals surface area contributed by atoms with Crippen LogP contribution in [0.15, 0.2) is 54.7 Å². The molecule has 0 saturated carbocycles. The summed E-state index contributed by atoms with van der Waals surface area (Å²) in [5.41, 5.74) is 10.1. The van der Waals surface area contributed by atoms with Crippen LogP contribution >= 0.6 is 12.4 Å². The molecule has 0 spiro atoms. The van der Waals surface area contributed by atoms with E-state index in [4.69, 9.17) is 11.1 Å². The van der Waals surface area contributed by atoms with E-state index in [1.807, 2.05) is 48.5 Å². The quantitative estimate of drug-likeness (QED) is 0.343. The second kappa shape index (κ2) is 9.00. The number of amidine groups is 1. The van der Waals surface area contributed by atoms with Gasteiger partial charge in [0.25, 0.3) is 0 Å². The first-order chi connectivity index (χ1) is 12.6. The Morgan fingerprint density at radius 3 is 2.33 bits per heavy atom. The fourth-order valence-electron chi connectivity index (χ4n) is 2.62. The predicted octanol–water partition coefficient (Wildman–Crippen LogP) is 3.56. The maximum absolute atomic E-state index is 11.2. The van der Waals surface area contributed by atoms with Gasteiger partial charge < -0.3 is 15.5 Å². The van der Waals surface area contributed by atoms with Crippen LogP contribution in [0, 0.1) is 5.41 Å². The fourth-order valence-corrected chi connectivity index (χ4v) is 2.62. The third-order valence-corrected chi connectivity index (χ3v) is 4.16. The van der Waals surface area contributed by atoms with Gasteiger partial charge in [-0.1, -0.05) is 48.5 Å². The minimum absolute atomic E-state index is 0. The zero-order chi connectivity index (χ0) is 18.5. The van der Waals surface area contributed by atoms with Crippen LogP contribution in [-0.2, 0) is 16.0 Å². The first kappa shape index (κ1) is 20.2. The predicted molar refractivity (Wildman–Crippen MR) is 108 cm³/mol. The number of ether oxygens (including phenoxy) is 1. The van der Waals surface area contributed by atoms with Crippen LogP contribution in [0.25, 0.3) is 22.6 Å². The molecule has 140 valence electrons. The van der Waals surface area contributed by atoms with Gasteiger partial charge in [-0.3, -0.25) is 10.2 Å². The Morgan fingerprint density at radius 1 is 1.11 bits per heavy atom. The molecule has 0 saturated heterocycles. The molecule has 0 aliphatic heterocycles. The van der Waals surface area contributed by atoms with Gasteiger partial charge in [-0.25, -0.2) is 4.98 Å². The average Bonchev–Trinajstić information content (AvgIpc) is 3.16. The molecule has 0 aliphatic carbocycles. The normalized spacial score (nSPS) is 10.1. The molecule has 0 fully saturated rings. The van der Waals surface area contributed by atoms with Gasteiger partial charge in [-0.05, 0) is 17.5 Å². The van der Waals surface area contributed by atoms with E-state index in [2.05, 4.69) is 14.7 Å². The van der Waals surface area contributed by atoms with Crippen LogP contribution in [0.1, 0.15) is 17.5 Å². The Kier molecular flexibility index (Phi) is 6.73. The Balaban J connectivity index is 0.00000261. The number of aromatic amines is 1. The monoisotopic (exact) mass is 384 g/mol. The van der Waals surface area contributed by atoms with Crippen molar-refractivity contribution >= 4 is 24.2 Å². The number of hydrogen-bond acceptors (Lipinski definition) is 4. The standard InChI is InChI=1S/C20H20N4O2.ClH/c1-26-18(25)11-4-13-2-5-16(6-3-13)20-23-12-17(24-20)14-7-9-15(10-8-14)19(21)22;/h2-3,5-10,12H,4,11H2,1H3,(H3,21,22)(H,23,24);1H.